The van der Waals surface area contributed by atoms with E-state index in [4.69, 9.17) is 21.4 Å². The number of carboxylic acid groups (broad SMARTS) is 1. The fourth-order valence-corrected chi connectivity index (χ4v) is 1.71. The van der Waals surface area contributed by atoms with E-state index in [1.165, 1.54) is 24.1 Å². The first kappa shape index (κ1) is 11.5. The van der Waals surface area contributed by atoms with Crippen molar-refractivity contribution in [3.05, 3.63) is 41.2 Å². The van der Waals surface area contributed by atoms with Gasteiger partial charge in [0.05, 0.1) is 24.0 Å². The Morgan fingerprint density at radius 1 is 1.47 bits per heavy atom. The average molecular weight is 253 g/mol. The molecule has 0 saturated heterocycles. The van der Waals surface area contributed by atoms with Gasteiger partial charge in [-0.3, -0.25) is 0 Å². The zero-order chi connectivity index (χ0) is 12.4. The molecule has 6 heteroatoms. The Hall–Kier alpha value is -2.01. The quantitative estimate of drug-likeness (QED) is 0.910. The smallest absolute Gasteiger partial charge is 0.354 e. The van der Waals surface area contributed by atoms with Crippen LogP contribution in [0.2, 0.25) is 5.02 Å². The number of halogens is 1. The summed E-state index contributed by atoms with van der Waals surface area (Å²) in [7, 11) is 1.51. The highest BCUT2D eigenvalue weighted by Gasteiger charge is 2.12. The van der Waals surface area contributed by atoms with Crippen LogP contribution in [-0.2, 0) is 0 Å². The van der Waals surface area contributed by atoms with Crippen molar-refractivity contribution < 1.29 is 14.6 Å². The van der Waals surface area contributed by atoms with E-state index in [0.717, 1.165) is 0 Å². The second-order valence-corrected chi connectivity index (χ2v) is 3.66. The molecule has 0 atom stereocenters. The number of carboxylic acids is 1. The van der Waals surface area contributed by atoms with Crippen LogP contribution in [0.4, 0.5) is 0 Å². The van der Waals surface area contributed by atoms with Crippen molar-refractivity contribution in [1.82, 2.24) is 9.78 Å². The van der Waals surface area contributed by atoms with Gasteiger partial charge in [-0.25, -0.2) is 9.48 Å². The van der Waals surface area contributed by atoms with Crippen LogP contribution in [0, 0.1) is 0 Å². The Bertz CT molecular complexity index is 566. The molecule has 0 spiro atoms. The largest absolute Gasteiger partial charge is 0.495 e. The summed E-state index contributed by atoms with van der Waals surface area (Å²) >= 11 is 5.96. The van der Waals surface area contributed by atoms with Gasteiger partial charge in [0.15, 0.2) is 5.69 Å². The molecule has 0 radical (unpaired) electrons. The zero-order valence-electron chi connectivity index (χ0n) is 8.92. The third-order valence-electron chi connectivity index (χ3n) is 2.24. The Balaban J connectivity index is 2.50. The first-order valence-corrected chi connectivity index (χ1v) is 5.12. The van der Waals surface area contributed by atoms with Gasteiger partial charge in [0.1, 0.15) is 5.75 Å². The maximum Gasteiger partial charge on any atom is 0.354 e. The second-order valence-electron chi connectivity index (χ2n) is 3.25. The number of benzene rings is 1. The van der Waals surface area contributed by atoms with Crippen LogP contribution < -0.4 is 4.74 Å². The Morgan fingerprint density at radius 2 is 2.24 bits per heavy atom. The van der Waals surface area contributed by atoms with Gasteiger partial charge in [-0.15, -0.1) is 0 Å². The first-order valence-electron chi connectivity index (χ1n) is 4.74. The summed E-state index contributed by atoms with van der Waals surface area (Å²) in [5.74, 6) is -0.520. The predicted octanol–water partition coefficient (Wildman–Crippen LogP) is 2.23. The molecule has 0 aliphatic heterocycles. The van der Waals surface area contributed by atoms with Crippen molar-refractivity contribution in [2.45, 2.75) is 0 Å². The highest BCUT2D eigenvalue weighted by atomic mass is 35.5. The number of aromatic nitrogens is 2. The summed E-state index contributed by atoms with van der Waals surface area (Å²) in [6.07, 6.45) is 1.42. The minimum atomic E-state index is -1.05. The van der Waals surface area contributed by atoms with Gasteiger partial charge in [0.2, 0.25) is 0 Å². The summed E-state index contributed by atoms with van der Waals surface area (Å²) < 4.78 is 6.32. The zero-order valence-corrected chi connectivity index (χ0v) is 9.68. The normalized spacial score (nSPS) is 10.2. The van der Waals surface area contributed by atoms with Crippen LogP contribution in [0.3, 0.4) is 0 Å². The van der Waals surface area contributed by atoms with Crippen molar-refractivity contribution >= 4 is 17.6 Å². The third-order valence-corrected chi connectivity index (χ3v) is 2.54. The molecule has 0 saturated carbocycles. The molecule has 0 aliphatic rings. The van der Waals surface area contributed by atoms with E-state index in [1.807, 2.05) is 0 Å². The molecule has 1 heterocycles. The van der Waals surface area contributed by atoms with E-state index < -0.39 is 5.97 Å². The van der Waals surface area contributed by atoms with Crippen LogP contribution >= 0.6 is 11.6 Å². The molecule has 88 valence electrons. The molecule has 0 amide bonds. The topological polar surface area (TPSA) is 64.4 Å². The van der Waals surface area contributed by atoms with E-state index in [1.54, 1.807) is 18.2 Å². The number of ether oxygens (including phenoxy) is 1. The second kappa shape index (κ2) is 4.47. The summed E-state index contributed by atoms with van der Waals surface area (Å²) in [5, 5.41) is 13.3. The lowest BCUT2D eigenvalue weighted by atomic mass is 10.3. The lowest BCUT2D eigenvalue weighted by molar-refractivity contribution is 0.0687. The number of rotatable bonds is 3. The highest BCUT2D eigenvalue weighted by molar-refractivity contribution is 6.32. The van der Waals surface area contributed by atoms with Crippen LogP contribution in [0.25, 0.3) is 5.69 Å². The van der Waals surface area contributed by atoms with Crippen LogP contribution in [0.1, 0.15) is 10.5 Å². The van der Waals surface area contributed by atoms with Gasteiger partial charge < -0.3 is 9.84 Å². The van der Waals surface area contributed by atoms with Crippen molar-refractivity contribution in [1.29, 1.82) is 0 Å². The number of aromatic carboxylic acids is 1. The highest BCUT2D eigenvalue weighted by Crippen LogP contribution is 2.26. The predicted molar refractivity (Wildman–Crippen MR) is 62.1 cm³/mol. The van der Waals surface area contributed by atoms with Crippen molar-refractivity contribution in [2.24, 2.45) is 0 Å². The Labute approximate surface area is 102 Å². The lowest BCUT2D eigenvalue weighted by Gasteiger charge is -2.07. The number of hydrogen-bond donors (Lipinski definition) is 1. The van der Waals surface area contributed by atoms with Gasteiger partial charge in [0.25, 0.3) is 0 Å². The minimum absolute atomic E-state index is 0.0752. The number of carbonyl (C=O) groups is 1. The molecule has 2 aromatic rings. The summed E-state index contributed by atoms with van der Waals surface area (Å²) in [4.78, 5) is 10.9. The maximum atomic E-state index is 10.9. The van der Waals surface area contributed by atoms with E-state index in [2.05, 4.69) is 5.10 Å². The number of hydrogen-bond acceptors (Lipinski definition) is 3. The summed E-state index contributed by atoms with van der Waals surface area (Å²) in [5.41, 5.74) is 0.643. The first-order chi connectivity index (χ1) is 8.13. The standard InChI is InChI=1S/C11H9ClN2O3/c1-17-10-3-2-7(6-8(10)12)14-9(11(15)16)4-5-13-14/h2-6H,1H3,(H,15,16). The fourth-order valence-electron chi connectivity index (χ4n) is 1.46. The molecular formula is C11H9ClN2O3. The summed E-state index contributed by atoms with van der Waals surface area (Å²) in [6.45, 7) is 0. The van der Waals surface area contributed by atoms with Gasteiger partial charge >= 0.3 is 5.97 Å². The molecular weight excluding hydrogens is 244 g/mol. The Kier molecular flexibility index (Phi) is 3.01. The van der Waals surface area contributed by atoms with Crippen LogP contribution in [0.15, 0.2) is 30.5 Å². The molecule has 17 heavy (non-hydrogen) atoms. The van der Waals surface area contributed by atoms with Gasteiger partial charge in [-0.05, 0) is 24.3 Å². The van der Waals surface area contributed by atoms with Crippen molar-refractivity contribution in [2.75, 3.05) is 7.11 Å². The molecule has 5 nitrogen and oxygen atoms in total. The van der Waals surface area contributed by atoms with E-state index in [0.29, 0.717) is 16.5 Å². The van der Waals surface area contributed by atoms with Gasteiger partial charge in [-0.1, -0.05) is 11.6 Å². The van der Waals surface area contributed by atoms with E-state index >= 15 is 0 Å². The molecule has 0 bridgehead atoms. The summed E-state index contributed by atoms with van der Waals surface area (Å²) in [6, 6.07) is 6.36. The number of methoxy groups -OCH3 is 1. The third kappa shape index (κ3) is 2.09. The molecule has 1 N–H and O–H groups in total. The van der Waals surface area contributed by atoms with Gasteiger partial charge in [-0.2, -0.15) is 5.10 Å². The molecule has 1 aromatic heterocycles. The maximum absolute atomic E-state index is 10.9. The monoisotopic (exact) mass is 252 g/mol. The minimum Gasteiger partial charge on any atom is -0.495 e. The average Bonchev–Trinajstić information content (AvgIpc) is 2.77. The van der Waals surface area contributed by atoms with Crippen LogP contribution in [0.5, 0.6) is 5.75 Å². The molecule has 0 fully saturated rings. The SMILES string of the molecule is COc1ccc(-n2nccc2C(=O)O)cc1Cl. The number of nitrogens with zero attached hydrogens (tertiary/aromatic N) is 2. The van der Waals surface area contributed by atoms with Gasteiger partial charge in [0, 0.05) is 0 Å². The lowest BCUT2D eigenvalue weighted by Crippen LogP contribution is -2.07. The molecule has 2 rings (SSSR count). The van der Waals surface area contributed by atoms with E-state index in [-0.39, 0.29) is 5.69 Å². The molecule has 0 aliphatic carbocycles. The molecule has 0 unspecified atom stereocenters. The van der Waals surface area contributed by atoms with E-state index in [9.17, 15) is 4.79 Å². The van der Waals surface area contributed by atoms with Crippen molar-refractivity contribution in [3.8, 4) is 11.4 Å². The molecule has 1 aromatic carbocycles. The fraction of sp³-hybridized carbons (Fsp3) is 0.0909. The van der Waals surface area contributed by atoms with Crippen molar-refractivity contribution in [3.63, 3.8) is 0 Å². The Morgan fingerprint density at radius 3 is 2.82 bits per heavy atom. The van der Waals surface area contributed by atoms with Crippen LogP contribution in [-0.4, -0.2) is 28.0 Å².